The van der Waals surface area contributed by atoms with E-state index in [-0.39, 0.29) is 0 Å². The first-order valence-electron chi connectivity index (χ1n) is 8.09. The van der Waals surface area contributed by atoms with E-state index < -0.39 is 0 Å². The smallest absolute Gasteiger partial charge is 0.0520 e. The van der Waals surface area contributed by atoms with Crippen LogP contribution in [0.3, 0.4) is 0 Å². The molecule has 0 aliphatic rings. The zero-order chi connectivity index (χ0) is 15.2. The first-order chi connectivity index (χ1) is 10.9. The van der Waals surface area contributed by atoms with E-state index in [0.29, 0.717) is 0 Å². The molecule has 0 spiro atoms. The maximum absolute atomic E-state index is 2.30. The van der Waals surface area contributed by atoms with Crippen LogP contribution in [0.4, 0.5) is 0 Å². The van der Waals surface area contributed by atoms with Gasteiger partial charge in [0.25, 0.3) is 0 Å². The molecule has 3 rings (SSSR count). The van der Waals surface area contributed by atoms with E-state index in [2.05, 4.69) is 60.1 Å². The van der Waals surface area contributed by atoms with Gasteiger partial charge in [0.15, 0.2) is 0 Å². The van der Waals surface area contributed by atoms with Crippen LogP contribution >= 0.6 is 22.7 Å². The van der Waals surface area contributed by atoms with Gasteiger partial charge in [-0.15, -0.1) is 22.7 Å². The van der Waals surface area contributed by atoms with E-state index in [9.17, 15) is 0 Å². The van der Waals surface area contributed by atoms with Gasteiger partial charge in [-0.05, 0) is 46.9 Å². The van der Waals surface area contributed by atoms with Crippen LogP contribution in [0, 0.1) is 0 Å². The molecule has 0 fully saturated rings. The van der Waals surface area contributed by atoms with Crippen molar-refractivity contribution in [2.45, 2.75) is 39.0 Å². The highest BCUT2D eigenvalue weighted by Crippen LogP contribution is 2.38. The van der Waals surface area contributed by atoms with Crippen molar-refractivity contribution >= 4 is 22.7 Å². The lowest BCUT2D eigenvalue weighted by Crippen LogP contribution is -1.86. The van der Waals surface area contributed by atoms with Crippen molar-refractivity contribution in [1.82, 2.24) is 0 Å². The lowest BCUT2D eigenvalue weighted by atomic mass is 10.0. The predicted octanol–water partition coefficient (Wildman–Crippen LogP) is 7.27. The van der Waals surface area contributed by atoms with Crippen molar-refractivity contribution in [2.24, 2.45) is 0 Å². The van der Waals surface area contributed by atoms with Gasteiger partial charge in [0.05, 0.1) is 4.88 Å². The molecule has 0 aliphatic heterocycles. The number of unbranched alkanes of at least 4 members (excludes halogenated alkanes) is 3. The summed E-state index contributed by atoms with van der Waals surface area (Å²) in [6.45, 7) is 2.26. The van der Waals surface area contributed by atoms with Gasteiger partial charge >= 0.3 is 0 Å². The lowest BCUT2D eigenvalue weighted by Gasteiger charge is -2.05. The van der Waals surface area contributed by atoms with Gasteiger partial charge in [0.2, 0.25) is 0 Å². The zero-order valence-corrected chi connectivity index (χ0v) is 14.7. The molecule has 114 valence electrons. The van der Waals surface area contributed by atoms with E-state index in [1.165, 1.54) is 58.5 Å². The second-order valence-electron chi connectivity index (χ2n) is 5.65. The number of rotatable bonds is 7. The van der Waals surface area contributed by atoms with Gasteiger partial charge in [-0.1, -0.05) is 56.5 Å². The van der Waals surface area contributed by atoms with Gasteiger partial charge in [-0.2, -0.15) is 0 Å². The highest BCUT2D eigenvalue weighted by Gasteiger charge is 2.09. The van der Waals surface area contributed by atoms with Crippen molar-refractivity contribution in [2.75, 3.05) is 0 Å². The van der Waals surface area contributed by atoms with Crippen molar-refractivity contribution < 1.29 is 0 Å². The second-order valence-corrected chi connectivity index (χ2v) is 7.51. The Labute approximate surface area is 141 Å². The quantitative estimate of drug-likeness (QED) is 0.401. The molecule has 0 bridgehead atoms. The van der Waals surface area contributed by atoms with Gasteiger partial charge < -0.3 is 0 Å². The number of thiophene rings is 2. The fourth-order valence-corrected chi connectivity index (χ4v) is 4.55. The number of aryl methyl sites for hydroxylation is 1. The van der Waals surface area contributed by atoms with Crippen molar-refractivity contribution in [3.05, 3.63) is 58.8 Å². The van der Waals surface area contributed by atoms with Gasteiger partial charge in [-0.3, -0.25) is 0 Å². The minimum atomic E-state index is 1.21. The molecule has 3 aromatic rings. The van der Waals surface area contributed by atoms with E-state index in [1.54, 1.807) is 0 Å². The fraction of sp³-hybridized carbons (Fsp3) is 0.300. The van der Waals surface area contributed by atoms with Gasteiger partial charge in [0, 0.05) is 10.4 Å². The monoisotopic (exact) mass is 326 g/mol. The molecule has 22 heavy (non-hydrogen) atoms. The molecule has 0 radical (unpaired) electrons. The summed E-state index contributed by atoms with van der Waals surface area (Å²) in [6.07, 6.45) is 6.54. The molecule has 0 saturated carbocycles. The topological polar surface area (TPSA) is 0 Å². The molecule has 0 saturated heterocycles. The average Bonchev–Trinajstić information content (AvgIpc) is 3.22. The Kier molecular flexibility index (Phi) is 5.47. The highest BCUT2D eigenvalue weighted by molar-refractivity contribution is 7.20. The van der Waals surface area contributed by atoms with Gasteiger partial charge in [-0.25, -0.2) is 0 Å². The fourth-order valence-electron chi connectivity index (χ4n) is 2.74. The summed E-state index contributed by atoms with van der Waals surface area (Å²) in [4.78, 5) is 2.76. The Bertz CT molecular complexity index is 675. The van der Waals surface area contributed by atoms with Crippen LogP contribution in [0.15, 0.2) is 53.2 Å². The molecule has 2 heterocycles. The molecule has 0 atom stereocenters. The minimum absolute atomic E-state index is 1.21. The standard InChI is InChI=1S/C20H22S2/c1-2-3-4-5-7-16-9-11-17(12-10-16)18-13-15-22-20(18)19-8-6-14-21-19/h6,8-15H,2-5,7H2,1H3. The summed E-state index contributed by atoms with van der Waals surface area (Å²) in [5.41, 5.74) is 4.17. The molecule has 2 heteroatoms. The van der Waals surface area contributed by atoms with E-state index in [4.69, 9.17) is 0 Å². The summed E-state index contributed by atoms with van der Waals surface area (Å²) in [5, 5.41) is 4.35. The Morgan fingerprint density at radius 2 is 1.68 bits per heavy atom. The van der Waals surface area contributed by atoms with Crippen LogP contribution in [0.1, 0.15) is 38.2 Å². The molecule has 0 aliphatic carbocycles. The Morgan fingerprint density at radius 3 is 2.41 bits per heavy atom. The molecule has 0 unspecified atom stereocenters. The first-order valence-corrected chi connectivity index (χ1v) is 9.85. The highest BCUT2D eigenvalue weighted by atomic mass is 32.1. The SMILES string of the molecule is CCCCCCc1ccc(-c2ccsc2-c2cccs2)cc1. The predicted molar refractivity (Wildman–Crippen MR) is 101 cm³/mol. The summed E-state index contributed by atoms with van der Waals surface area (Å²) < 4.78 is 0. The van der Waals surface area contributed by atoms with Crippen LogP contribution in [-0.2, 0) is 6.42 Å². The van der Waals surface area contributed by atoms with Crippen molar-refractivity contribution in [3.63, 3.8) is 0 Å². The maximum Gasteiger partial charge on any atom is 0.0520 e. The van der Waals surface area contributed by atoms with Crippen molar-refractivity contribution in [1.29, 1.82) is 0 Å². The van der Waals surface area contributed by atoms with Crippen LogP contribution in [-0.4, -0.2) is 0 Å². The molecule has 2 aromatic heterocycles. The second kappa shape index (κ2) is 7.75. The van der Waals surface area contributed by atoms with E-state index >= 15 is 0 Å². The lowest BCUT2D eigenvalue weighted by molar-refractivity contribution is 0.667. The summed E-state index contributed by atoms with van der Waals surface area (Å²) in [7, 11) is 0. The minimum Gasteiger partial charge on any atom is -0.143 e. The molecule has 0 N–H and O–H groups in total. The molecule has 0 nitrogen and oxygen atoms in total. The van der Waals surface area contributed by atoms with Crippen LogP contribution in [0.2, 0.25) is 0 Å². The van der Waals surface area contributed by atoms with Gasteiger partial charge in [0.1, 0.15) is 0 Å². The maximum atomic E-state index is 2.30. The normalized spacial score (nSPS) is 11.0. The summed E-state index contributed by atoms with van der Waals surface area (Å²) >= 11 is 3.65. The average molecular weight is 327 g/mol. The number of benzene rings is 1. The van der Waals surface area contributed by atoms with Crippen LogP contribution in [0.5, 0.6) is 0 Å². The largest absolute Gasteiger partial charge is 0.143 e. The number of hydrogen-bond donors (Lipinski definition) is 0. The Balaban J connectivity index is 1.72. The molecule has 1 aromatic carbocycles. The zero-order valence-electron chi connectivity index (χ0n) is 13.0. The van der Waals surface area contributed by atoms with E-state index in [0.717, 1.165) is 0 Å². The number of hydrogen-bond acceptors (Lipinski definition) is 2. The third-order valence-electron chi connectivity index (χ3n) is 3.99. The molecular formula is C20H22S2. The third kappa shape index (κ3) is 3.68. The van der Waals surface area contributed by atoms with Crippen molar-refractivity contribution in [3.8, 4) is 20.9 Å². The first kappa shape index (κ1) is 15.5. The Morgan fingerprint density at radius 1 is 0.818 bits per heavy atom. The van der Waals surface area contributed by atoms with E-state index in [1.807, 2.05) is 22.7 Å². The molecule has 0 amide bonds. The van der Waals surface area contributed by atoms with Crippen LogP contribution in [0.25, 0.3) is 20.9 Å². The summed E-state index contributed by atoms with van der Waals surface area (Å²) in [5.74, 6) is 0. The van der Waals surface area contributed by atoms with Crippen LogP contribution < -0.4 is 0 Å². The Hall–Kier alpha value is -1.38. The summed E-state index contributed by atoms with van der Waals surface area (Å²) in [6, 6.07) is 15.8. The third-order valence-corrected chi connectivity index (χ3v) is 5.96. The molecular weight excluding hydrogens is 304 g/mol.